The second-order valence-electron chi connectivity index (χ2n) is 13.4. The summed E-state index contributed by atoms with van der Waals surface area (Å²) in [4.78, 5) is 71.6. The van der Waals surface area contributed by atoms with E-state index in [-0.39, 0.29) is 18.8 Å². The molecule has 0 aromatic heterocycles. The van der Waals surface area contributed by atoms with Crippen LogP contribution in [-0.4, -0.2) is 96.9 Å². The molecule has 0 radical (unpaired) electrons. The number of unbranched alkanes of at least 4 members (excludes halogenated alkanes) is 4. The lowest BCUT2D eigenvalue weighted by Gasteiger charge is -2.33. The normalized spacial score (nSPS) is 17.0. The molecule has 49 heavy (non-hydrogen) atoms. The second kappa shape index (κ2) is 24.8. The van der Waals surface area contributed by atoms with Crippen molar-refractivity contribution in [3.8, 4) is 0 Å². The maximum Gasteiger partial charge on any atom is 0.307 e. The molecule has 0 aliphatic rings. The summed E-state index contributed by atoms with van der Waals surface area (Å²) in [5, 5.41) is 57.0. The van der Waals surface area contributed by atoms with Gasteiger partial charge in [-0.15, -0.1) is 0 Å². The van der Waals surface area contributed by atoms with Gasteiger partial charge in [-0.05, 0) is 38.0 Å². The second-order valence-corrected chi connectivity index (χ2v) is 13.4. The summed E-state index contributed by atoms with van der Waals surface area (Å²) in [6, 6.07) is -0.432. The Balaban J connectivity index is 5.84. The number of esters is 2. The Kier molecular flexibility index (Phi) is 23.1. The Bertz CT molecular complexity index is 1030. The van der Waals surface area contributed by atoms with Crippen LogP contribution in [0.2, 0.25) is 0 Å². The van der Waals surface area contributed by atoms with E-state index in [0.29, 0.717) is 19.3 Å². The smallest absolute Gasteiger partial charge is 0.307 e. The number of aliphatic hydroxyl groups is 2. The molecule has 0 heterocycles. The molecule has 0 aromatic carbocycles. The van der Waals surface area contributed by atoms with E-state index in [4.69, 9.17) is 25.4 Å². The summed E-state index contributed by atoms with van der Waals surface area (Å²) in [5.74, 6) is -11.3. The number of ether oxygens (including phenoxy) is 2. The fourth-order valence-corrected chi connectivity index (χ4v) is 5.58. The van der Waals surface area contributed by atoms with Crippen LogP contribution in [0.4, 0.5) is 0 Å². The van der Waals surface area contributed by atoms with Crippen molar-refractivity contribution in [3.63, 3.8) is 0 Å². The minimum atomic E-state index is -1.55. The molecule has 0 aliphatic carbocycles. The number of rotatable bonds is 29. The number of hydrogen-bond donors (Lipinski definition) is 7. The molecule has 0 aliphatic heterocycles. The SMILES string of the molecule is CCCC[C@@H](C)[C@@H](OC(=O)C[C@@H](CC(=O)O)C(=O)O)[C@@H](C[C@@H](C)CCCCCC[C@H](O)C[C@H](O)[C@@H](C)N)OC(=O)C[C@@H](CC(=O)O)C(=O)O. The molecule has 0 aromatic rings. The van der Waals surface area contributed by atoms with E-state index in [1.165, 1.54) is 0 Å². The Labute approximate surface area is 288 Å². The Hall–Kier alpha value is -3.30. The highest BCUT2D eigenvalue weighted by Crippen LogP contribution is 2.29. The monoisotopic (exact) mass is 705 g/mol. The van der Waals surface area contributed by atoms with Crippen LogP contribution in [0, 0.1) is 23.7 Å². The summed E-state index contributed by atoms with van der Waals surface area (Å²) in [6.45, 7) is 7.31. The van der Waals surface area contributed by atoms with Gasteiger partial charge in [-0.2, -0.15) is 0 Å². The fourth-order valence-electron chi connectivity index (χ4n) is 5.58. The largest absolute Gasteiger partial charge is 0.481 e. The van der Waals surface area contributed by atoms with Crippen LogP contribution in [0.1, 0.15) is 124 Å². The first-order valence-corrected chi connectivity index (χ1v) is 17.3. The van der Waals surface area contributed by atoms with Crippen LogP contribution in [0.3, 0.4) is 0 Å². The Morgan fingerprint density at radius 2 is 1.12 bits per heavy atom. The molecular formula is C34H59NO14. The highest BCUT2D eigenvalue weighted by Gasteiger charge is 2.37. The minimum Gasteiger partial charge on any atom is -0.481 e. The van der Waals surface area contributed by atoms with Gasteiger partial charge in [0.15, 0.2) is 0 Å². The average molecular weight is 706 g/mol. The number of aliphatic hydroxyl groups excluding tert-OH is 2. The van der Waals surface area contributed by atoms with Crippen molar-refractivity contribution in [3.05, 3.63) is 0 Å². The molecule has 0 amide bonds. The molecule has 284 valence electrons. The van der Waals surface area contributed by atoms with Crippen molar-refractivity contribution in [2.24, 2.45) is 29.4 Å². The van der Waals surface area contributed by atoms with Gasteiger partial charge in [0.05, 0.1) is 49.7 Å². The van der Waals surface area contributed by atoms with Gasteiger partial charge >= 0.3 is 35.8 Å². The zero-order valence-electron chi connectivity index (χ0n) is 29.3. The molecule has 0 saturated heterocycles. The molecule has 8 N–H and O–H groups in total. The lowest BCUT2D eigenvalue weighted by Crippen LogP contribution is -2.42. The predicted molar refractivity (Wildman–Crippen MR) is 176 cm³/mol. The van der Waals surface area contributed by atoms with Crippen molar-refractivity contribution in [2.75, 3.05) is 0 Å². The van der Waals surface area contributed by atoms with E-state index in [9.17, 15) is 49.2 Å². The molecule has 9 atom stereocenters. The third-order valence-electron chi connectivity index (χ3n) is 8.60. The lowest BCUT2D eigenvalue weighted by atomic mass is 9.87. The molecule has 0 rings (SSSR count). The zero-order valence-corrected chi connectivity index (χ0v) is 29.3. The van der Waals surface area contributed by atoms with Crippen molar-refractivity contribution in [2.45, 2.75) is 154 Å². The standard InChI is InChI=1S/C34H59NO14/c1-5-6-12-21(3)32(49-31(43)18-24(34(46)47)16-29(40)41)27(48-30(42)17-23(33(44)45)15-28(38)39)14-20(2)11-9-7-8-10-13-25(36)19-26(37)22(4)35/h20-27,32,36-37H,5-19,35H2,1-4H3,(H,38,39)(H,40,41)(H,44,45)(H,46,47)/t20-,21+,22+,23+,24+,25-,26-,27+,32+/m0/s1. The van der Waals surface area contributed by atoms with Crippen molar-refractivity contribution < 1.29 is 68.9 Å². The van der Waals surface area contributed by atoms with Gasteiger partial charge in [-0.25, -0.2) is 0 Å². The third-order valence-corrected chi connectivity index (χ3v) is 8.60. The van der Waals surface area contributed by atoms with Crippen LogP contribution >= 0.6 is 0 Å². The van der Waals surface area contributed by atoms with E-state index in [2.05, 4.69) is 0 Å². The zero-order chi connectivity index (χ0) is 37.7. The molecule has 0 fully saturated rings. The average Bonchev–Trinajstić information content (AvgIpc) is 2.98. The summed E-state index contributed by atoms with van der Waals surface area (Å²) < 4.78 is 11.5. The summed E-state index contributed by atoms with van der Waals surface area (Å²) in [6.07, 6.45) is 0.203. The van der Waals surface area contributed by atoms with Gasteiger partial charge in [0.2, 0.25) is 0 Å². The summed E-state index contributed by atoms with van der Waals surface area (Å²) in [7, 11) is 0. The maximum atomic E-state index is 13.0. The number of carbonyl (C=O) groups excluding carboxylic acids is 2. The third kappa shape index (κ3) is 21.4. The maximum absolute atomic E-state index is 13.0. The summed E-state index contributed by atoms with van der Waals surface area (Å²) >= 11 is 0. The van der Waals surface area contributed by atoms with Crippen molar-refractivity contribution >= 4 is 35.8 Å². The van der Waals surface area contributed by atoms with Gasteiger partial charge in [0.25, 0.3) is 0 Å². The molecule has 0 spiro atoms. The van der Waals surface area contributed by atoms with Crippen molar-refractivity contribution in [1.29, 1.82) is 0 Å². The molecular weight excluding hydrogens is 646 g/mol. The topological polar surface area (TPSA) is 268 Å². The first-order valence-electron chi connectivity index (χ1n) is 17.3. The number of hydrogen-bond acceptors (Lipinski definition) is 11. The minimum absolute atomic E-state index is 0.0859. The molecule has 15 nitrogen and oxygen atoms in total. The van der Waals surface area contributed by atoms with Gasteiger partial charge < -0.3 is 45.8 Å². The van der Waals surface area contributed by atoms with Gasteiger partial charge in [-0.1, -0.05) is 65.7 Å². The first-order chi connectivity index (χ1) is 22.9. The number of carboxylic acids is 4. The van der Waals surface area contributed by atoms with Gasteiger partial charge in [0.1, 0.15) is 12.2 Å². The Morgan fingerprint density at radius 1 is 0.633 bits per heavy atom. The van der Waals surface area contributed by atoms with Crippen LogP contribution in [0.5, 0.6) is 0 Å². The van der Waals surface area contributed by atoms with Crippen LogP contribution in [-0.2, 0) is 38.2 Å². The van der Waals surface area contributed by atoms with Crippen molar-refractivity contribution in [1.82, 2.24) is 0 Å². The first kappa shape index (κ1) is 45.7. The van der Waals surface area contributed by atoms with E-state index < -0.39 is 110 Å². The fraction of sp³-hybridized carbons (Fsp3) is 0.824. The highest BCUT2D eigenvalue weighted by molar-refractivity contribution is 5.83. The Morgan fingerprint density at radius 3 is 1.57 bits per heavy atom. The van der Waals surface area contributed by atoms with Crippen LogP contribution < -0.4 is 5.73 Å². The van der Waals surface area contributed by atoms with E-state index in [0.717, 1.165) is 38.5 Å². The summed E-state index contributed by atoms with van der Waals surface area (Å²) in [5.41, 5.74) is 5.64. The number of carboxylic acid groups (broad SMARTS) is 4. The van der Waals surface area contributed by atoms with E-state index >= 15 is 0 Å². The van der Waals surface area contributed by atoms with Crippen LogP contribution in [0.25, 0.3) is 0 Å². The number of nitrogens with two attached hydrogens (primary N) is 1. The highest BCUT2D eigenvalue weighted by atomic mass is 16.6. The quantitative estimate of drug-likeness (QED) is 0.0433. The van der Waals surface area contributed by atoms with Crippen LogP contribution in [0.15, 0.2) is 0 Å². The van der Waals surface area contributed by atoms with E-state index in [1.54, 1.807) is 13.8 Å². The molecule has 0 unspecified atom stereocenters. The lowest BCUT2D eigenvalue weighted by molar-refractivity contribution is -0.177. The molecule has 15 heteroatoms. The molecule has 0 saturated carbocycles. The number of carbonyl (C=O) groups is 6. The number of aliphatic carboxylic acids is 4. The van der Waals surface area contributed by atoms with Gasteiger partial charge in [0, 0.05) is 12.5 Å². The predicted octanol–water partition coefficient (Wildman–Crippen LogP) is 3.59. The molecule has 0 bridgehead atoms. The van der Waals surface area contributed by atoms with Gasteiger partial charge in [-0.3, -0.25) is 28.8 Å². The van der Waals surface area contributed by atoms with E-state index in [1.807, 2.05) is 13.8 Å².